The Morgan fingerprint density at radius 1 is 1.35 bits per heavy atom. The molecule has 0 radical (unpaired) electrons. The molecule has 2 aromatic rings. The van der Waals surface area contributed by atoms with Gasteiger partial charge in [0.1, 0.15) is 0 Å². The zero-order chi connectivity index (χ0) is 12.3. The Bertz CT molecular complexity index is 557. The zero-order valence-electron chi connectivity index (χ0n) is 8.85. The Morgan fingerprint density at radius 3 is 2.88 bits per heavy atom. The number of aromatic nitrogens is 1. The summed E-state index contributed by atoms with van der Waals surface area (Å²) in [6.07, 6.45) is 2.35. The molecule has 1 aromatic carbocycles. The molecule has 4 nitrogen and oxygen atoms in total. The van der Waals surface area contributed by atoms with Crippen LogP contribution < -0.4 is 11.1 Å². The highest BCUT2D eigenvalue weighted by atomic mass is 19.1. The molecule has 0 saturated carbocycles. The highest BCUT2D eigenvalue weighted by molar-refractivity contribution is 6.04. The van der Waals surface area contributed by atoms with Gasteiger partial charge in [0.25, 0.3) is 5.91 Å². The van der Waals surface area contributed by atoms with Gasteiger partial charge in [-0.1, -0.05) is 6.07 Å². The molecule has 3 N–H and O–H groups in total. The molecule has 0 spiro atoms. The fourth-order valence-electron chi connectivity index (χ4n) is 1.37. The van der Waals surface area contributed by atoms with Crippen LogP contribution in [-0.4, -0.2) is 10.9 Å². The Hall–Kier alpha value is -2.43. The van der Waals surface area contributed by atoms with Crippen LogP contribution >= 0.6 is 0 Å². The van der Waals surface area contributed by atoms with E-state index in [1.165, 1.54) is 12.3 Å². The largest absolute Gasteiger partial charge is 0.399 e. The first kappa shape index (κ1) is 11.1. The van der Waals surface area contributed by atoms with Crippen LogP contribution in [0.15, 0.2) is 42.7 Å². The Balaban J connectivity index is 2.20. The lowest BCUT2D eigenvalue weighted by atomic mass is 10.2. The molecule has 0 aliphatic carbocycles. The minimum absolute atomic E-state index is 0.0533. The highest BCUT2D eigenvalue weighted by Crippen LogP contribution is 2.14. The van der Waals surface area contributed by atoms with Crippen LogP contribution in [0.3, 0.4) is 0 Å². The number of pyridine rings is 1. The van der Waals surface area contributed by atoms with Crippen molar-refractivity contribution in [2.45, 2.75) is 0 Å². The van der Waals surface area contributed by atoms with Crippen molar-refractivity contribution >= 4 is 17.3 Å². The van der Waals surface area contributed by atoms with Crippen molar-refractivity contribution in [2.75, 3.05) is 11.1 Å². The Kier molecular flexibility index (Phi) is 3.00. The number of hydrogen-bond donors (Lipinski definition) is 2. The van der Waals surface area contributed by atoms with E-state index in [1.807, 2.05) is 0 Å². The predicted molar refractivity (Wildman–Crippen MR) is 63.0 cm³/mol. The lowest BCUT2D eigenvalue weighted by Crippen LogP contribution is -2.13. The summed E-state index contributed by atoms with van der Waals surface area (Å²) in [4.78, 5) is 15.3. The van der Waals surface area contributed by atoms with Crippen molar-refractivity contribution in [3.63, 3.8) is 0 Å². The van der Waals surface area contributed by atoms with E-state index in [9.17, 15) is 9.18 Å². The molecule has 0 fully saturated rings. The van der Waals surface area contributed by atoms with Gasteiger partial charge in [0.15, 0.2) is 5.82 Å². The number of carbonyl (C=O) groups is 1. The lowest BCUT2D eigenvalue weighted by Gasteiger charge is -2.06. The first-order valence-corrected chi connectivity index (χ1v) is 4.93. The second-order valence-electron chi connectivity index (χ2n) is 3.44. The number of amides is 1. The van der Waals surface area contributed by atoms with E-state index in [2.05, 4.69) is 10.3 Å². The predicted octanol–water partition coefficient (Wildman–Crippen LogP) is 2.06. The first-order chi connectivity index (χ1) is 8.16. The van der Waals surface area contributed by atoms with E-state index in [0.29, 0.717) is 11.4 Å². The summed E-state index contributed by atoms with van der Waals surface area (Å²) in [6.45, 7) is 0. The fraction of sp³-hybridized carbons (Fsp3) is 0. The molecule has 0 saturated heterocycles. The lowest BCUT2D eigenvalue weighted by molar-refractivity contribution is 0.102. The third-order valence-electron chi connectivity index (χ3n) is 2.16. The number of nitrogen functional groups attached to an aromatic ring is 1. The van der Waals surface area contributed by atoms with E-state index < -0.39 is 11.7 Å². The third kappa shape index (κ3) is 2.57. The van der Waals surface area contributed by atoms with Gasteiger partial charge in [-0.2, -0.15) is 0 Å². The molecule has 5 heteroatoms. The van der Waals surface area contributed by atoms with Gasteiger partial charge in [0.05, 0.1) is 11.8 Å². The molecule has 17 heavy (non-hydrogen) atoms. The average molecular weight is 231 g/mol. The van der Waals surface area contributed by atoms with Crippen LogP contribution in [0.1, 0.15) is 10.4 Å². The van der Waals surface area contributed by atoms with Crippen molar-refractivity contribution in [3.8, 4) is 0 Å². The number of rotatable bonds is 2. The van der Waals surface area contributed by atoms with E-state index >= 15 is 0 Å². The van der Waals surface area contributed by atoms with Crippen molar-refractivity contribution < 1.29 is 9.18 Å². The summed E-state index contributed by atoms with van der Waals surface area (Å²) in [5.74, 6) is -1.19. The maximum atomic E-state index is 13.3. The smallest absolute Gasteiger partial charge is 0.258 e. The monoisotopic (exact) mass is 231 g/mol. The number of anilines is 2. The zero-order valence-corrected chi connectivity index (χ0v) is 8.85. The first-order valence-electron chi connectivity index (χ1n) is 4.93. The van der Waals surface area contributed by atoms with Gasteiger partial charge in [-0.05, 0) is 24.3 Å². The normalized spacial score (nSPS) is 9.94. The van der Waals surface area contributed by atoms with Crippen LogP contribution in [0.25, 0.3) is 0 Å². The molecule has 0 atom stereocenters. The number of benzene rings is 1. The SMILES string of the molecule is Nc1cccc(NC(=O)c2ccncc2F)c1. The Labute approximate surface area is 97.3 Å². The topological polar surface area (TPSA) is 68.0 Å². The summed E-state index contributed by atoms with van der Waals surface area (Å²) in [5, 5.41) is 2.55. The molecule has 1 amide bonds. The van der Waals surface area contributed by atoms with Gasteiger partial charge in [-0.3, -0.25) is 9.78 Å². The maximum absolute atomic E-state index is 13.3. The van der Waals surface area contributed by atoms with Gasteiger partial charge in [-0.25, -0.2) is 4.39 Å². The standard InChI is InChI=1S/C12H10FN3O/c13-11-7-15-5-4-10(11)12(17)16-9-3-1-2-8(14)6-9/h1-7H,14H2,(H,16,17). The molecule has 0 aliphatic heterocycles. The number of nitrogens with one attached hydrogen (secondary N) is 1. The molecule has 2 rings (SSSR count). The molecule has 1 aromatic heterocycles. The van der Waals surface area contributed by atoms with Crippen LogP contribution in [-0.2, 0) is 0 Å². The second-order valence-corrected chi connectivity index (χ2v) is 3.44. The number of nitrogens with zero attached hydrogens (tertiary/aromatic N) is 1. The minimum Gasteiger partial charge on any atom is -0.399 e. The van der Waals surface area contributed by atoms with Gasteiger partial charge >= 0.3 is 0 Å². The van der Waals surface area contributed by atoms with Crippen LogP contribution in [0.2, 0.25) is 0 Å². The van der Waals surface area contributed by atoms with E-state index in [4.69, 9.17) is 5.73 Å². The summed E-state index contributed by atoms with van der Waals surface area (Å²) in [6, 6.07) is 7.98. The van der Waals surface area contributed by atoms with Crippen molar-refractivity contribution in [2.24, 2.45) is 0 Å². The van der Waals surface area contributed by atoms with Gasteiger partial charge < -0.3 is 11.1 Å². The van der Waals surface area contributed by atoms with Crippen molar-refractivity contribution in [1.29, 1.82) is 0 Å². The number of carbonyl (C=O) groups excluding carboxylic acids is 1. The summed E-state index contributed by atoms with van der Waals surface area (Å²) in [7, 11) is 0. The molecule has 0 bridgehead atoms. The number of hydrogen-bond acceptors (Lipinski definition) is 3. The fourth-order valence-corrected chi connectivity index (χ4v) is 1.37. The van der Waals surface area contributed by atoms with Gasteiger partial charge in [0.2, 0.25) is 0 Å². The van der Waals surface area contributed by atoms with Crippen LogP contribution in [0.4, 0.5) is 15.8 Å². The molecule has 1 heterocycles. The maximum Gasteiger partial charge on any atom is 0.258 e. The van der Waals surface area contributed by atoms with E-state index in [1.54, 1.807) is 24.3 Å². The van der Waals surface area contributed by atoms with E-state index in [-0.39, 0.29) is 5.56 Å². The summed E-state index contributed by atoms with van der Waals surface area (Å²) < 4.78 is 13.3. The Morgan fingerprint density at radius 2 is 2.18 bits per heavy atom. The second kappa shape index (κ2) is 4.61. The van der Waals surface area contributed by atoms with Gasteiger partial charge in [0, 0.05) is 17.6 Å². The average Bonchev–Trinajstić information content (AvgIpc) is 2.29. The molecule has 0 unspecified atom stereocenters. The summed E-state index contributed by atoms with van der Waals surface area (Å²) >= 11 is 0. The quantitative estimate of drug-likeness (QED) is 0.777. The summed E-state index contributed by atoms with van der Waals surface area (Å²) in [5.41, 5.74) is 6.56. The molecular weight excluding hydrogens is 221 g/mol. The molecule has 0 aliphatic rings. The molecular formula is C12H10FN3O. The van der Waals surface area contributed by atoms with Gasteiger partial charge in [-0.15, -0.1) is 0 Å². The van der Waals surface area contributed by atoms with Crippen LogP contribution in [0.5, 0.6) is 0 Å². The molecule has 86 valence electrons. The highest BCUT2D eigenvalue weighted by Gasteiger charge is 2.11. The number of halogens is 1. The van der Waals surface area contributed by atoms with Crippen molar-refractivity contribution in [1.82, 2.24) is 4.98 Å². The third-order valence-corrected chi connectivity index (χ3v) is 2.16. The van der Waals surface area contributed by atoms with Crippen LogP contribution in [0, 0.1) is 5.82 Å². The minimum atomic E-state index is -0.658. The van der Waals surface area contributed by atoms with Crippen molar-refractivity contribution in [3.05, 3.63) is 54.1 Å². The van der Waals surface area contributed by atoms with E-state index in [0.717, 1.165) is 6.20 Å². The number of nitrogens with two attached hydrogens (primary N) is 1.